The zero-order chi connectivity index (χ0) is 25.1. The molecule has 0 saturated heterocycles. The van der Waals surface area contributed by atoms with E-state index in [4.69, 9.17) is 16.2 Å². The van der Waals surface area contributed by atoms with Gasteiger partial charge in [-0.05, 0) is 38.7 Å². The van der Waals surface area contributed by atoms with Gasteiger partial charge in [-0.25, -0.2) is 9.79 Å². The second-order valence-electron chi connectivity index (χ2n) is 8.80. The minimum Gasteiger partial charge on any atom is -0.493 e. The number of hydrogen-bond donors (Lipinski definition) is 5. The second-order valence-corrected chi connectivity index (χ2v) is 8.80. The number of benzene rings is 1. The molecule has 1 aromatic carbocycles. The maximum Gasteiger partial charge on any atom is 0.319 e. The molecule has 0 aliphatic carbocycles. The summed E-state index contributed by atoms with van der Waals surface area (Å²) in [7, 11) is 0. The molecule has 0 radical (unpaired) electrons. The number of carbonyl (C=O) groups is 1. The van der Waals surface area contributed by atoms with Gasteiger partial charge in [-0.15, -0.1) is 0 Å². The van der Waals surface area contributed by atoms with Gasteiger partial charge >= 0.3 is 6.03 Å². The number of fused-ring (bicyclic) bond motifs is 1. The van der Waals surface area contributed by atoms with Crippen molar-refractivity contribution in [3.8, 4) is 5.75 Å². The Kier molecular flexibility index (Phi) is 14.3. The van der Waals surface area contributed by atoms with Crippen LogP contribution in [0.25, 0.3) is 0 Å². The summed E-state index contributed by atoms with van der Waals surface area (Å²) in [5.41, 5.74) is 13.0. The average Bonchev–Trinajstić information content (AvgIpc) is 2.86. The molecule has 1 aliphatic heterocycles. The maximum atomic E-state index is 12.8. The number of nitrogens with one attached hydrogen (secondary N) is 3. The van der Waals surface area contributed by atoms with Crippen molar-refractivity contribution < 1.29 is 9.53 Å². The second kappa shape index (κ2) is 17.6. The van der Waals surface area contributed by atoms with E-state index in [1.165, 1.54) is 6.42 Å². The summed E-state index contributed by atoms with van der Waals surface area (Å²) in [5, 5.41) is 9.20. The van der Waals surface area contributed by atoms with Gasteiger partial charge in [0, 0.05) is 31.7 Å². The van der Waals surface area contributed by atoms with Crippen LogP contribution < -0.4 is 32.2 Å². The van der Waals surface area contributed by atoms with E-state index in [0.29, 0.717) is 32.2 Å². The van der Waals surface area contributed by atoms with Crippen molar-refractivity contribution in [3.63, 3.8) is 0 Å². The largest absolute Gasteiger partial charge is 0.493 e. The van der Waals surface area contributed by atoms with Gasteiger partial charge in [0.05, 0.1) is 13.2 Å². The summed E-state index contributed by atoms with van der Waals surface area (Å²) in [6, 6.07) is 7.81. The summed E-state index contributed by atoms with van der Waals surface area (Å²) >= 11 is 0. The molecule has 2 rings (SSSR count). The lowest BCUT2D eigenvalue weighted by Gasteiger charge is -2.25. The number of nitrogens with zero attached hydrogens (tertiary/aromatic N) is 2. The van der Waals surface area contributed by atoms with Crippen LogP contribution in [0.4, 0.5) is 4.79 Å². The minimum absolute atomic E-state index is 0.113. The van der Waals surface area contributed by atoms with Gasteiger partial charge in [0.2, 0.25) is 0 Å². The van der Waals surface area contributed by atoms with Crippen molar-refractivity contribution in [1.29, 1.82) is 0 Å². The van der Waals surface area contributed by atoms with Crippen molar-refractivity contribution in [1.82, 2.24) is 20.9 Å². The van der Waals surface area contributed by atoms with Crippen LogP contribution in [0.3, 0.4) is 0 Å². The number of rotatable bonds is 11. The SMILES string of the molecule is C/C=C/CN=C(N)NCCCCCCCCN1CCCCOc2ccccc2CNC(N)NC1=O. The number of guanidine groups is 1. The first-order chi connectivity index (χ1) is 17.1. The highest BCUT2D eigenvalue weighted by molar-refractivity contribution is 5.77. The third-order valence-corrected chi connectivity index (χ3v) is 5.89. The molecule has 35 heavy (non-hydrogen) atoms. The number of carbonyl (C=O) groups excluding carboxylic acids is 1. The zero-order valence-corrected chi connectivity index (χ0v) is 21.3. The smallest absolute Gasteiger partial charge is 0.319 e. The molecule has 0 bridgehead atoms. The third-order valence-electron chi connectivity index (χ3n) is 5.89. The van der Waals surface area contributed by atoms with Gasteiger partial charge in [-0.3, -0.25) is 11.1 Å². The highest BCUT2D eigenvalue weighted by atomic mass is 16.5. The Bertz CT molecular complexity index is 785. The fraction of sp³-hybridized carbons (Fsp3) is 0.615. The number of amides is 2. The van der Waals surface area contributed by atoms with Crippen LogP contribution in [-0.4, -0.2) is 56.0 Å². The molecular weight excluding hydrogens is 442 g/mol. The first-order valence-corrected chi connectivity index (χ1v) is 13.0. The van der Waals surface area contributed by atoms with Gasteiger partial charge in [0.15, 0.2) is 5.96 Å². The number of ether oxygens (including phenoxy) is 1. The third kappa shape index (κ3) is 12.5. The van der Waals surface area contributed by atoms with Gasteiger partial charge < -0.3 is 26.0 Å². The summed E-state index contributed by atoms with van der Waals surface area (Å²) in [6.45, 7) is 6.05. The molecule has 9 heteroatoms. The average molecular weight is 488 g/mol. The summed E-state index contributed by atoms with van der Waals surface area (Å²) in [6.07, 6.45) is 11.8. The van der Waals surface area contributed by atoms with Crippen LogP contribution in [0.2, 0.25) is 0 Å². The lowest BCUT2D eigenvalue weighted by Crippen LogP contribution is -2.55. The highest BCUT2D eigenvalue weighted by Gasteiger charge is 2.16. The lowest BCUT2D eigenvalue weighted by molar-refractivity contribution is 0.187. The molecule has 0 fully saturated rings. The van der Waals surface area contributed by atoms with Crippen molar-refractivity contribution in [3.05, 3.63) is 42.0 Å². The number of allylic oxidation sites excluding steroid dienone is 1. The predicted octanol–water partition coefficient (Wildman–Crippen LogP) is 3.02. The van der Waals surface area contributed by atoms with Crippen molar-refractivity contribution in [2.24, 2.45) is 16.5 Å². The number of unbranched alkanes of at least 4 members (excludes halogenated alkanes) is 5. The van der Waals surface area contributed by atoms with E-state index in [2.05, 4.69) is 20.9 Å². The molecule has 196 valence electrons. The van der Waals surface area contributed by atoms with Crippen LogP contribution in [-0.2, 0) is 6.54 Å². The number of hydrogen-bond acceptors (Lipinski definition) is 5. The normalized spacial score (nSPS) is 18.1. The molecule has 0 aromatic heterocycles. The van der Waals surface area contributed by atoms with Crippen LogP contribution in [0.15, 0.2) is 41.4 Å². The maximum absolute atomic E-state index is 12.8. The Morgan fingerprint density at radius 2 is 1.97 bits per heavy atom. The zero-order valence-electron chi connectivity index (χ0n) is 21.3. The Labute approximate surface area is 210 Å². The molecular formula is C26H45N7O2. The fourth-order valence-corrected chi connectivity index (χ4v) is 3.85. The van der Waals surface area contributed by atoms with Crippen molar-refractivity contribution in [2.75, 3.05) is 32.8 Å². The monoisotopic (exact) mass is 487 g/mol. The first kappa shape index (κ1) is 28.5. The van der Waals surface area contributed by atoms with Crippen LogP contribution >= 0.6 is 0 Å². The van der Waals surface area contributed by atoms with E-state index >= 15 is 0 Å². The van der Waals surface area contributed by atoms with E-state index in [0.717, 1.165) is 69.3 Å². The van der Waals surface area contributed by atoms with E-state index in [1.54, 1.807) is 0 Å². The lowest BCUT2D eigenvalue weighted by atomic mass is 10.1. The standard InChI is InChI=1S/C26H45N7O2/c1-2-3-16-29-24(27)30-17-10-6-4-5-7-11-18-33-19-12-13-20-35-23-15-9-8-14-22(23)21-31-25(28)32-26(33)34/h2-3,8-9,14-15,25,31H,4-7,10-13,16-21,28H2,1H3,(H,32,34)(H3,27,29,30)/b3-2+. The molecule has 1 heterocycles. The first-order valence-electron chi connectivity index (χ1n) is 13.0. The Morgan fingerprint density at radius 1 is 1.20 bits per heavy atom. The van der Waals surface area contributed by atoms with Crippen molar-refractivity contribution >= 4 is 12.0 Å². The molecule has 2 amide bonds. The molecule has 1 aromatic rings. The Hall–Kier alpha value is -2.78. The molecule has 9 nitrogen and oxygen atoms in total. The quantitative estimate of drug-likeness (QED) is 0.141. The number of para-hydroxylation sites is 1. The highest BCUT2D eigenvalue weighted by Crippen LogP contribution is 2.18. The topological polar surface area (TPSA) is 130 Å². The number of aliphatic imine (C=N–C) groups is 1. The molecule has 1 unspecified atom stereocenters. The van der Waals surface area contributed by atoms with Crippen LogP contribution in [0.1, 0.15) is 63.9 Å². The Balaban J connectivity index is 1.64. The fourth-order valence-electron chi connectivity index (χ4n) is 3.85. The number of urea groups is 1. The van der Waals surface area contributed by atoms with Gasteiger partial charge in [0.25, 0.3) is 0 Å². The summed E-state index contributed by atoms with van der Waals surface area (Å²) in [5.74, 6) is 1.38. The Morgan fingerprint density at radius 3 is 2.80 bits per heavy atom. The molecule has 7 N–H and O–H groups in total. The van der Waals surface area contributed by atoms with E-state index in [1.807, 2.05) is 48.2 Å². The minimum atomic E-state index is -0.616. The molecule has 1 atom stereocenters. The molecule has 0 spiro atoms. The van der Waals surface area contributed by atoms with Crippen molar-refractivity contribution in [2.45, 2.75) is 71.1 Å². The molecule has 1 aliphatic rings. The van der Waals surface area contributed by atoms with E-state index in [-0.39, 0.29) is 6.03 Å². The van der Waals surface area contributed by atoms with Crippen LogP contribution in [0.5, 0.6) is 5.75 Å². The van der Waals surface area contributed by atoms with Crippen LogP contribution in [0, 0.1) is 0 Å². The van der Waals surface area contributed by atoms with Gasteiger partial charge in [0.1, 0.15) is 12.0 Å². The molecule has 0 saturated carbocycles. The van der Waals surface area contributed by atoms with Gasteiger partial charge in [-0.1, -0.05) is 56.0 Å². The van der Waals surface area contributed by atoms with E-state index in [9.17, 15) is 4.79 Å². The van der Waals surface area contributed by atoms with Gasteiger partial charge in [-0.2, -0.15) is 0 Å². The predicted molar refractivity (Wildman–Crippen MR) is 143 cm³/mol. The summed E-state index contributed by atoms with van der Waals surface area (Å²) < 4.78 is 5.96. The summed E-state index contributed by atoms with van der Waals surface area (Å²) in [4.78, 5) is 18.9. The van der Waals surface area contributed by atoms with E-state index < -0.39 is 6.29 Å². The number of nitrogens with two attached hydrogens (primary N) is 2.